The van der Waals surface area contributed by atoms with Gasteiger partial charge in [0.15, 0.2) is 0 Å². The number of carbonyl (C=O) groups is 3. The van der Waals surface area contributed by atoms with Crippen molar-refractivity contribution in [3.05, 3.63) is 29.8 Å². The predicted octanol–water partition coefficient (Wildman–Crippen LogP) is 1.02. The van der Waals surface area contributed by atoms with E-state index in [0.717, 1.165) is 24.3 Å². The van der Waals surface area contributed by atoms with E-state index in [1.807, 2.05) is 36.1 Å². The van der Waals surface area contributed by atoms with Crippen molar-refractivity contribution in [1.82, 2.24) is 14.7 Å². The smallest absolute Gasteiger partial charge is 0.410 e. The van der Waals surface area contributed by atoms with Crippen LogP contribution < -0.4 is 4.74 Å². The molecule has 1 aromatic carbocycles. The Balaban J connectivity index is 0.000000755. The molecule has 0 radical (unpaired) electrons. The van der Waals surface area contributed by atoms with Crippen LogP contribution in [0.4, 0.5) is 4.79 Å². The zero-order valence-electron chi connectivity index (χ0n) is 16.6. The van der Waals surface area contributed by atoms with Crippen molar-refractivity contribution in [2.45, 2.75) is 25.4 Å². The van der Waals surface area contributed by atoms with E-state index in [9.17, 15) is 9.59 Å². The molecule has 0 aliphatic carbocycles. The van der Waals surface area contributed by atoms with E-state index >= 15 is 0 Å². The summed E-state index contributed by atoms with van der Waals surface area (Å²) in [6.07, 6.45) is 0.535. The lowest BCUT2D eigenvalue weighted by Crippen LogP contribution is -2.63. The van der Waals surface area contributed by atoms with Crippen LogP contribution in [0.5, 0.6) is 5.75 Å². The fourth-order valence-electron chi connectivity index (χ4n) is 4.08. The zero-order valence-corrected chi connectivity index (χ0v) is 16.6. The Kier molecular flexibility index (Phi) is 6.58. The monoisotopic (exact) mass is 405 g/mol. The third-order valence-corrected chi connectivity index (χ3v) is 5.74. The minimum Gasteiger partial charge on any atom is -0.492 e. The standard InChI is InChI=1S/C19H25N3O4.CH2O2/c1-2-19-13-21(7-8-22(19)18(24)26-14-19)17(23)12-20-9-10-25-16-6-4-3-5-15(16)11-20;2-1-3/h3-6H,2,7-14H2,1H3;1H,(H,2,3). The first-order chi connectivity index (χ1) is 14.0. The number of ether oxygens (including phenoxy) is 2. The summed E-state index contributed by atoms with van der Waals surface area (Å²) in [5, 5.41) is 6.89. The van der Waals surface area contributed by atoms with Gasteiger partial charge in [0.05, 0.1) is 12.1 Å². The molecule has 1 N–H and O–H groups in total. The molecule has 2 saturated heterocycles. The van der Waals surface area contributed by atoms with E-state index in [4.69, 9.17) is 19.4 Å². The summed E-state index contributed by atoms with van der Waals surface area (Å²) in [6.45, 7) is 6.22. The van der Waals surface area contributed by atoms with E-state index in [1.165, 1.54) is 0 Å². The fraction of sp³-hybridized carbons (Fsp3) is 0.550. The van der Waals surface area contributed by atoms with Gasteiger partial charge in [0, 0.05) is 38.3 Å². The van der Waals surface area contributed by atoms with Gasteiger partial charge in [-0.3, -0.25) is 19.4 Å². The van der Waals surface area contributed by atoms with Crippen molar-refractivity contribution in [2.24, 2.45) is 0 Å². The maximum Gasteiger partial charge on any atom is 0.410 e. The molecule has 2 amide bonds. The number of benzene rings is 1. The Bertz CT molecular complexity index is 757. The Morgan fingerprint density at radius 1 is 1.24 bits per heavy atom. The predicted molar refractivity (Wildman–Crippen MR) is 104 cm³/mol. The molecule has 3 aliphatic heterocycles. The normalized spacial score (nSPS) is 23.6. The number of carboxylic acid groups (broad SMARTS) is 1. The van der Waals surface area contributed by atoms with Gasteiger partial charge in [-0.15, -0.1) is 0 Å². The van der Waals surface area contributed by atoms with E-state index in [2.05, 4.69) is 4.90 Å². The highest BCUT2D eigenvalue weighted by Gasteiger charge is 2.50. The molecule has 0 saturated carbocycles. The van der Waals surface area contributed by atoms with E-state index in [0.29, 0.717) is 45.9 Å². The number of hydrogen-bond acceptors (Lipinski definition) is 6. The van der Waals surface area contributed by atoms with Crippen molar-refractivity contribution in [3.63, 3.8) is 0 Å². The second kappa shape index (κ2) is 9.13. The number of carbonyl (C=O) groups excluding carboxylic acids is 2. The van der Waals surface area contributed by atoms with E-state index in [-0.39, 0.29) is 24.0 Å². The van der Waals surface area contributed by atoms with Gasteiger partial charge in [-0.05, 0) is 12.5 Å². The van der Waals surface area contributed by atoms with Crippen LogP contribution in [0, 0.1) is 0 Å². The van der Waals surface area contributed by atoms with Crippen LogP contribution in [-0.4, -0.2) is 89.8 Å². The Morgan fingerprint density at radius 3 is 2.76 bits per heavy atom. The quantitative estimate of drug-likeness (QED) is 0.750. The van der Waals surface area contributed by atoms with Crippen molar-refractivity contribution in [1.29, 1.82) is 0 Å². The molecule has 1 aromatic rings. The summed E-state index contributed by atoms with van der Waals surface area (Å²) in [5.74, 6) is 1.01. The first-order valence-corrected chi connectivity index (χ1v) is 9.76. The lowest BCUT2D eigenvalue weighted by atomic mass is 9.93. The Hall–Kier alpha value is -2.81. The van der Waals surface area contributed by atoms with Crippen LogP contribution in [0.2, 0.25) is 0 Å². The van der Waals surface area contributed by atoms with Crippen LogP contribution in [-0.2, 0) is 20.9 Å². The highest BCUT2D eigenvalue weighted by Crippen LogP contribution is 2.32. The van der Waals surface area contributed by atoms with Gasteiger partial charge in [0.2, 0.25) is 5.91 Å². The number of amides is 2. The number of piperazine rings is 1. The molecule has 3 aliphatic rings. The third-order valence-electron chi connectivity index (χ3n) is 5.74. The number of rotatable bonds is 3. The fourth-order valence-corrected chi connectivity index (χ4v) is 4.08. The minimum atomic E-state index is -0.362. The Labute approximate surface area is 169 Å². The maximum absolute atomic E-state index is 12.9. The molecule has 2 fully saturated rings. The summed E-state index contributed by atoms with van der Waals surface area (Å²) in [7, 11) is 0. The molecule has 4 rings (SSSR count). The molecule has 1 atom stereocenters. The number of nitrogens with zero attached hydrogens (tertiary/aromatic N) is 3. The van der Waals surface area contributed by atoms with Crippen molar-refractivity contribution in [2.75, 3.05) is 45.9 Å². The van der Waals surface area contributed by atoms with Gasteiger partial charge < -0.3 is 19.5 Å². The summed E-state index contributed by atoms with van der Waals surface area (Å²) in [4.78, 5) is 39.0. The first-order valence-electron chi connectivity index (χ1n) is 9.76. The van der Waals surface area contributed by atoms with E-state index < -0.39 is 0 Å². The number of fused-ring (bicyclic) bond motifs is 2. The molecular weight excluding hydrogens is 378 g/mol. The molecule has 0 bridgehead atoms. The van der Waals surface area contributed by atoms with Gasteiger partial charge in [0.1, 0.15) is 19.0 Å². The first kappa shape index (κ1) is 20.9. The summed E-state index contributed by atoms with van der Waals surface area (Å²) in [5.41, 5.74) is 0.752. The van der Waals surface area contributed by atoms with E-state index in [1.54, 1.807) is 4.90 Å². The highest BCUT2D eigenvalue weighted by molar-refractivity contribution is 5.79. The molecule has 0 spiro atoms. The SMILES string of the molecule is CCC12COC(=O)N1CCN(C(=O)CN1CCOc3ccccc3C1)C2.O=CO. The summed E-state index contributed by atoms with van der Waals surface area (Å²) in [6, 6.07) is 7.98. The largest absolute Gasteiger partial charge is 0.492 e. The van der Waals surface area contributed by atoms with Crippen molar-refractivity contribution >= 4 is 18.5 Å². The zero-order chi connectivity index (χ0) is 20.9. The van der Waals surface area contributed by atoms with Gasteiger partial charge in [-0.25, -0.2) is 4.79 Å². The molecule has 9 heteroatoms. The lowest BCUT2D eigenvalue weighted by Gasteiger charge is -2.44. The number of cyclic esters (lactones) is 1. The Morgan fingerprint density at radius 2 is 2.00 bits per heavy atom. The topological polar surface area (TPSA) is 99.6 Å². The molecule has 1 unspecified atom stereocenters. The molecule has 158 valence electrons. The van der Waals surface area contributed by atoms with Crippen molar-refractivity contribution in [3.8, 4) is 5.75 Å². The van der Waals surface area contributed by atoms with Gasteiger partial charge in [-0.2, -0.15) is 0 Å². The summed E-state index contributed by atoms with van der Waals surface area (Å²) < 4.78 is 11.0. The highest BCUT2D eigenvalue weighted by atomic mass is 16.6. The van der Waals surface area contributed by atoms with Gasteiger partial charge >= 0.3 is 6.09 Å². The average Bonchev–Trinajstić information content (AvgIpc) is 2.92. The van der Waals surface area contributed by atoms with Gasteiger partial charge in [0.25, 0.3) is 6.47 Å². The second-order valence-corrected chi connectivity index (χ2v) is 7.37. The molecular formula is C20H27N3O6. The van der Waals surface area contributed by atoms with Crippen molar-refractivity contribution < 1.29 is 29.0 Å². The van der Waals surface area contributed by atoms with Crippen LogP contribution >= 0.6 is 0 Å². The van der Waals surface area contributed by atoms with Crippen LogP contribution in [0.3, 0.4) is 0 Å². The minimum absolute atomic E-state index is 0.108. The third kappa shape index (κ3) is 4.45. The molecule has 0 aromatic heterocycles. The summed E-state index contributed by atoms with van der Waals surface area (Å²) >= 11 is 0. The number of hydrogen-bond donors (Lipinski definition) is 1. The van der Waals surface area contributed by atoms with Crippen LogP contribution in [0.15, 0.2) is 24.3 Å². The van der Waals surface area contributed by atoms with Gasteiger partial charge in [-0.1, -0.05) is 25.1 Å². The maximum atomic E-state index is 12.9. The second-order valence-electron chi connectivity index (χ2n) is 7.37. The average molecular weight is 405 g/mol. The number of para-hydroxylation sites is 1. The molecule has 9 nitrogen and oxygen atoms in total. The van der Waals surface area contributed by atoms with Crippen LogP contribution in [0.25, 0.3) is 0 Å². The van der Waals surface area contributed by atoms with Crippen LogP contribution in [0.1, 0.15) is 18.9 Å². The molecule has 29 heavy (non-hydrogen) atoms. The molecule has 3 heterocycles. The lowest BCUT2D eigenvalue weighted by molar-refractivity contribution is -0.136.